The monoisotopic (exact) mass is 393 g/mol. The number of pyridine rings is 1. The number of rotatable bonds is 4. The molecule has 2 aromatic heterocycles. The van der Waals surface area contributed by atoms with Gasteiger partial charge >= 0.3 is 0 Å². The number of hydrogen-bond donors (Lipinski definition) is 1. The minimum absolute atomic E-state index is 0.128. The molecule has 6 heteroatoms. The van der Waals surface area contributed by atoms with Crippen LogP contribution < -0.4 is 5.32 Å². The first-order valence-electron chi connectivity index (χ1n) is 9.69. The van der Waals surface area contributed by atoms with Gasteiger partial charge < -0.3 is 5.32 Å². The topological polar surface area (TPSA) is 72.2 Å². The van der Waals surface area contributed by atoms with Crippen molar-refractivity contribution in [2.45, 2.75) is 5.92 Å². The molecule has 0 saturated heterocycles. The molecule has 1 aliphatic heterocycles. The van der Waals surface area contributed by atoms with Crippen molar-refractivity contribution in [3.8, 4) is 22.4 Å². The zero-order chi connectivity index (χ0) is 20.5. The first-order valence-corrected chi connectivity index (χ1v) is 9.69. The summed E-state index contributed by atoms with van der Waals surface area (Å²) in [7, 11) is 1.84. The summed E-state index contributed by atoms with van der Waals surface area (Å²) in [6, 6.07) is 23.9. The Labute approximate surface area is 173 Å². The number of nitrogens with zero attached hydrogens (tertiary/aromatic N) is 4. The van der Waals surface area contributed by atoms with Crippen LogP contribution in [0, 0.1) is 0 Å². The van der Waals surface area contributed by atoms with Gasteiger partial charge in [-0.1, -0.05) is 60.7 Å². The molecule has 1 N–H and O–H groups in total. The van der Waals surface area contributed by atoms with Crippen molar-refractivity contribution in [2.75, 3.05) is 5.32 Å². The smallest absolute Gasteiger partial charge is 0.238 e. The maximum atomic E-state index is 12.5. The first-order chi connectivity index (χ1) is 14.7. The summed E-state index contributed by atoms with van der Waals surface area (Å²) in [4.78, 5) is 21.6. The Balaban J connectivity index is 1.46. The maximum absolute atomic E-state index is 12.5. The fraction of sp³-hybridized carbons (Fsp3) is 0.0833. The highest BCUT2D eigenvalue weighted by atomic mass is 16.2. The Kier molecular flexibility index (Phi) is 4.44. The van der Waals surface area contributed by atoms with Crippen molar-refractivity contribution in [2.24, 2.45) is 12.0 Å². The van der Waals surface area contributed by atoms with Gasteiger partial charge in [-0.25, -0.2) is 9.98 Å². The average Bonchev–Trinajstić information content (AvgIpc) is 3.31. The number of fused-ring (bicyclic) bond motifs is 1. The highest BCUT2D eigenvalue weighted by Gasteiger charge is 2.30. The van der Waals surface area contributed by atoms with Crippen molar-refractivity contribution < 1.29 is 4.79 Å². The Morgan fingerprint density at radius 2 is 1.67 bits per heavy atom. The number of nitrogens with one attached hydrogen (secondary N) is 1. The molecule has 4 aromatic rings. The molecule has 1 amide bonds. The molecule has 0 spiro atoms. The van der Waals surface area contributed by atoms with Gasteiger partial charge in [-0.3, -0.25) is 9.48 Å². The molecular formula is C24H19N5O. The van der Waals surface area contributed by atoms with E-state index in [-0.39, 0.29) is 5.91 Å². The molecule has 1 atom stereocenters. The average molecular weight is 393 g/mol. The SMILES string of the molecule is Cn1nc(-c2ccccc2)cc1N=CC1C(=O)Nc2ncc(-c3ccccc3)cc21. The Hall–Kier alpha value is -4.06. The number of aromatic nitrogens is 3. The van der Waals surface area contributed by atoms with Gasteiger partial charge in [-0.05, 0) is 11.6 Å². The molecule has 0 saturated carbocycles. The lowest BCUT2D eigenvalue weighted by Crippen LogP contribution is -2.13. The van der Waals surface area contributed by atoms with E-state index >= 15 is 0 Å². The van der Waals surface area contributed by atoms with E-state index in [9.17, 15) is 4.79 Å². The maximum Gasteiger partial charge on any atom is 0.238 e. The van der Waals surface area contributed by atoms with Crippen LogP contribution in [0.3, 0.4) is 0 Å². The van der Waals surface area contributed by atoms with Crippen molar-refractivity contribution in [1.82, 2.24) is 14.8 Å². The molecule has 6 nitrogen and oxygen atoms in total. The molecule has 0 bridgehead atoms. The number of aryl methyl sites for hydroxylation is 1. The Bertz CT molecular complexity index is 1250. The van der Waals surface area contributed by atoms with E-state index < -0.39 is 5.92 Å². The molecule has 2 aromatic carbocycles. The lowest BCUT2D eigenvalue weighted by Gasteiger charge is -2.06. The summed E-state index contributed by atoms with van der Waals surface area (Å²) in [5.41, 5.74) is 4.72. The van der Waals surface area contributed by atoms with Crippen LogP contribution in [-0.4, -0.2) is 26.9 Å². The number of aliphatic imine (C=N–C) groups is 1. The van der Waals surface area contributed by atoms with Crippen LogP contribution in [-0.2, 0) is 11.8 Å². The van der Waals surface area contributed by atoms with E-state index in [0.717, 1.165) is 27.9 Å². The second kappa shape index (κ2) is 7.40. The van der Waals surface area contributed by atoms with E-state index in [1.54, 1.807) is 17.1 Å². The number of amides is 1. The van der Waals surface area contributed by atoms with Gasteiger partial charge in [0.05, 0.1) is 5.69 Å². The third kappa shape index (κ3) is 3.28. The lowest BCUT2D eigenvalue weighted by atomic mass is 9.99. The molecule has 3 heterocycles. The van der Waals surface area contributed by atoms with Gasteiger partial charge in [0.2, 0.25) is 5.91 Å². The normalized spacial score (nSPS) is 15.4. The predicted octanol–water partition coefficient (Wildman–Crippen LogP) is 4.59. The van der Waals surface area contributed by atoms with Crippen molar-refractivity contribution in [3.05, 3.63) is 84.6 Å². The summed E-state index contributed by atoms with van der Waals surface area (Å²) in [5.74, 6) is 0.650. The number of anilines is 1. The van der Waals surface area contributed by atoms with E-state index in [0.29, 0.717) is 11.6 Å². The van der Waals surface area contributed by atoms with E-state index in [1.807, 2.05) is 79.8 Å². The van der Waals surface area contributed by atoms with E-state index in [1.165, 1.54) is 0 Å². The predicted molar refractivity (Wildman–Crippen MR) is 118 cm³/mol. The quantitative estimate of drug-likeness (QED) is 0.516. The first kappa shape index (κ1) is 18.0. The van der Waals surface area contributed by atoms with Gasteiger partial charge in [0.1, 0.15) is 17.6 Å². The Morgan fingerprint density at radius 1 is 0.967 bits per heavy atom. The largest absolute Gasteiger partial charge is 0.310 e. The number of hydrogen-bond acceptors (Lipinski definition) is 4. The minimum Gasteiger partial charge on any atom is -0.310 e. The summed E-state index contributed by atoms with van der Waals surface area (Å²) in [6.45, 7) is 0. The standard InChI is InChI=1S/C24H19N5O/c1-29-22(13-21(28-29)17-10-6-3-7-11-17)25-15-20-19-12-18(16-8-4-2-5-9-16)14-26-23(19)27-24(20)30/h2-15,20H,1H3,(H,26,27,30). The zero-order valence-corrected chi connectivity index (χ0v) is 16.4. The van der Waals surface area contributed by atoms with Gasteiger partial charge in [0.15, 0.2) is 0 Å². The molecule has 146 valence electrons. The summed E-state index contributed by atoms with van der Waals surface area (Å²) >= 11 is 0. The third-order valence-electron chi connectivity index (χ3n) is 5.16. The van der Waals surface area contributed by atoms with Crippen LogP contribution in [0.15, 0.2) is 84.0 Å². The van der Waals surface area contributed by atoms with Crippen LogP contribution in [0.4, 0.5) is 11.6 Å². The molecule has 0 radical (unpaired) electrons. The van der Waals surface area contributed by atoms with Crippen LogP contribution in [0.25, 0.3) is 22.4 Å². The van der Waals surface area contributed by atoms with Gasteiger partial charge in [-0.15, -0.1) is 0 Å². The summed E-state index contributed by atoms with van der Waals surface area (Å²) < 4.78 is 1.71. The molecule has 5 rings (SSSR count). The molecule has 1 unspecified atom stereocenters. The second-order valence-electron chi connectivity index (χ2n) is 7.15. The summed E-state index contributed by atoms with van der Waals surface area (Å²) in [6.07, 6.45) is 3.45. The van der Waals surface area contributed by atoms with E-state index in [2.05, 4.69) is 20.4 Å². The van der Waals surface area contributed by atoms with Crippen molar-refractivity contribution in [1.29, 1.82) is 0 Å². The van der Waals surface area contributed by atoms with Crippen LogP contribution >= 0.6 is 0 Å². The number of carbonyl (C=O) groups is 1. The van der Waals surface area contributed by atoms with Crippen molar-refractivity contribution >= 4 is 23.8 Å². The van der Waals surface area contributed by atoms with Crippen LogP contribution in [0.2, 0.25) is 0 Å². The third-order valence-corrected chi connectivity index (χ3v) is 5.16. The number of benzene rings is 2. The van der Waals surface area contributed by atoms with E-state index in [4.69, 9.17) is 0 Å². The van der Waals surface area contributed by atoms with Crippen molar-refractivity contribution in [3.63, 3.8) is 0 Å². The van der Waals surface area contributed by atoms with Gasteiger partial charge in [0, 0.05) is 42.2 Å². The highest BCUT2D eigenvalue weighted by Crippen LogP contribution is 2.33. The Morgan fingerprint density at radius 3 is 2.40 bits per heavy atom. The minimum atomic E-state index is -0.494. The molecule has 0 aliphatic carbocycles. The zero-order valence-electron chi connectivity index (χ0n) is 16.4. The molecule has 30 heavy (non-hydrogen) atoms. The van der Waals surface area contributed by atoms with Crippen LogP contribution in [0.1, 0.15) is 11.5 Å². The number of carbonyl (C=O) groups excluding carboxylic acids is 1. The molecule has 1 aliphatic rings. The molecule has 0 fully saturated rings. The highest BCUT2D eigenvalue weighted by molar-refractivity contribution is 6.12. The second-order valence-corrected chi connectivity index (χ2v) is 7.15. The fourth-order valence-electron chi connectivity index (χ4n) is 3.57. The van der Waals surface area contributed by atoms with Gasteiger partial charge in [0.25, 0.3) is 0 Å². The van der Waals surface area contributed by atoms with Crippen LogP contribution in [0.5, 0.6) is 0 Å². The lowest BCUT2D eigenvalue weighted by molar-refractivity contribution is -0.115. The molecular weight excluding hydrogens is 374 g/mol. The fourth-order valence-corrected chi connectivity index (χ4v) is 3.57. The summed E-state index contributed by atoms with van der Waals surface area (Å²) in [5, 5.41) is 7.38. The van der Waals surface area contributed by atoms with Gasteiger partial charge in [-0.2, -0.15) is 5.10 Å².